The van der Waals surface area contributed by atoms with Crippen LogP contribution in [0.15, 0.2) is 54.6 Å². The summed E-state index contributed by atoms with van der Waals surface area (Å²) >= 11 is 0. The van der Waals surface area contributed by atoms with Crippen molar-refractivity contribution in [1.82, 2.24) is 4.90 Å². The summed E-state index contributed by atoms with van der Waals surface area (Å²) in [5.74, 6) is 1.00. The lowest BCUT2D eigenvalue weighted by molar-refractivity contribution is -0.131. The number of hydrogen-bond donors (Lipinski definition) is 0. The van der Waals surface area contributed by atoms with Crippen molar-refractivity contribution in [2.24, 2.45) is 0 Å². The quantitative estimate of drug-likeness (QED) is 0.869. The molecule has 0 atom stereocenters. The number of carbonyl (C=O) groups excluding carboxylic acids is 1. The van der Waals surface area contributed by atoms with Crippen molar-refractivity contribution in [2.75, 3.05) is 31.6 Å². The van der Waals surface area contributed by atoms with Crippen LogP contribution < -0.4 is 9.64 Å². The van der Waals surface area contributed by atoms with Crippen LogP contribution >= 0.6 is 0 Å². The minimum Gasteiger partial charge on any atom is -0.497 e. The summed E-state index contributed by atoms with van der Waals surface area (Å²) in [6.45, 7) is 2.72. The van der Waals surface area contributed by atoms with Gasteiger partial charge in [-0.05, 0) is 29.8 Å². The van der Waals surface area contributed by atoms with E-state index in [1.165, 1.54) is 5.56 Å². The van der Waals surface area contributed by atoms with E-state index in [4.69, 9.17) is 4.74 Å². The normalized spacial score (nSPS) is 15.0. The molecule has 0 aromatic heterocycles. The van der Waals surface area contributed by atoms with Crippen molar-refractivity contribution in [1.29, 1.82) is 0 Å². The molecule has 2 aromatic carbocycles. The lowest BCUT2D eigenvalue weighted by Crippen LogP contribution is -2.49. The van der Waals surface area contributed by atoms with Gasteiger partial charge in [0, 0.05) is 25.3 Å². The topological polar surface area (TPSA) is 32.8 Å². The van der Waals surface area contributed by atoms with E-state index in [9.17, 15) is 4.79 Å². The van der Waals surface area contributed by atoms with E-state index < -0.39 is 0 Å². The molecule has 0 bridgehead atoms. The Labute approximate surface area is 130 Å². The van der Waals surface area contributed by atoms with Gasteiger partial charge >= 0.3 is 0 Å². The van der Waals surface area contributed by atoms with E-state index in [0.717, 1.165) is 24.5 Å². The lowest BCUT2D eigenvalue weighted by Gasteiger charge is -2.35. The maximum Gasteiger partial charge on any atom is 0.242 e. The van der Waals surface area contributed by atoms with Crippen molar-refractivity contribution >= 4 is 11.6 Å². The Morgan fingerprint density at radius 2 is 1.73 bits per heavy atom. The summed E-state index contributed by atoms with van der Waals surface area (Å²) < 4.78 is 5.17. The van der Waals surface area contributed by atoms with Crippen LogP contribution in [0.4, 0.5) is 5.69 Å². The monoisotopic (exact) mass is 296 g/mol. The first-order valence-corrected chi connectivity index (χ1v) is 7.47. The fraction of sp³-hybridized carbons (Fsp3) is 0.278. The third kappa shape index (κ3) is 3.22. The number of ether oxygens (including phenoxy) is 1. The molecule has 1 amide bonds. The largest absolute Gasteiger partial charge is 0.497 e. The van der Waals surface area contributed by atoms with Crippen LogP contribution in [0.5, 0.6) is 5.75 Å². The van der Waals surface area contributed by atoms with Crippen LogP contribution in [-0.4, -0.2) is 37.6 Å². The van der Waals surface area contributed by atoms with Crippen molar-refractivity contribution in [3.63, 3.8) is 0 Å². The molecule has 1 fully saturated rings. The molecule has 0 spiro atoms. The molecule has 1 aliphatic heterocycles. The SMILES string of the molecule is COc1ccc(N2CCN(Cc3ccccc3)C(=O)C2)cc1. The van der Waals surface area contributed by atoms with E-state index in [1.54, 1.807) is 7.11 Å². The molecule has 0 saturated carbocycles. The number of nitrogens with zero attached hydrogens (tertiary/aromatic N) is 2. The molecular formula is C18H20N2O2. The first kappa shape index (κ1) is 14.4. The highest BCUT2D eigenvalue weighted by atomic mass is 16.5. The number of methoxy groups -OCH3 is 1. The second-order valence-electron chi connectivity index (χ2n) is 5.42. The van der Waals surface area contributed by atoms with Gasteiger partial charge < -0.3 is 14.5 Å². The highest BCUT2D eigenvalue weighted by Crippen LogP contribution is 2.21. The predicted octanol–water partition coefficient (Wildman–Crippen LogP) is 2.54. The average molecular weight is 296 g/mol. The van der Waals surface area contributed by atoms with Crippen LogP contribution in [0.1, 0.15) is 5.56 Å². The van der Waals surface area contributed by atoms with Crippen molar-refractivity contribution < 1.29 is 9.53 Å². The van der Waals surface area contributed by atoms with Gasteiger partial charge in [0.1, 0.15) is 5.75 Å². The Kier molecular flexibility index (Phi) is 4.28. The molecule has 0 unspecified atom stereocenters. The van der Waals surface area contributed by atoms with Crippen LogP contribution in [0.25, 0.3) is 0 Å². The van der Waals surface area contributed by atoms with Crippen LogP contribution in [0.2, 0.25) is 0 Å². The predicted molar refractivity (Wildman–Crippen MR) is 87.1 cm³/mol. The lowest BCUT2D eigenvalue weighted by atomic mass is 10.2. The summed E-state index contributed by atoms with van der Waals surface area (Å²) in [6, 6.07) is 18.0. The highest BCUT2D eigenvalue weighted by Gasteiger charge is 2.24. The zero-order valence-corrected chi connectivity index (χ0v) is 12.7. The van der Waals surface area contributed by atoms with Gasteiger partial charge in [0.2, 0.25) is 5.91 Å². The van der Waals surface area contributed by atoms with Gasteiger partial charge in [0.15, 0.2) is 0 Å². The Morgan fingerprint density at radius 1 is 1.00 bits per heavy atom. The number of piperazine rings is 1. The first-order valence-electron chi connectivity index (χ1n) is 7.47. The number of rotatable bonds is 4. The minimum absolute atomic E-state index is 0.172. The molecule has 22 heavy (non-hydrogen) atoms. The summed E-state index contributed by atoms with van der Waals surface area (Å²) in [5, 5.41) is 0. The van der Waals surface area contributed by atoms with Gasteiger partial charge in [-0.2, -0.15) is 0 Å². The summed E-state index contributed by atoms with van der Waals surface area (Å²) in [4.78, 5) is 16.4. The fourth-order valence-electron chi connectivity index (χ4n) is 2.69. The molecule has 3 rings (SSSR count). The van der Waals surface area contributed by atoms with E-state index in [2.05, 4.69) is 17.0 Å². The molecular weight excluding hydrogens is 276 g/mol. The number of anilines is 1. The number of amides is 1. The zero-order chi connectivity index (χ0) is 15.4. The second-order valence-corrected chi connectivity index (χ2v) is 5.42. The van der Waals surface area contributed by atoms with Crippen LogP contribution in [0.3, 0.4) is 0 Å². The van der Waals surface area contributed by atoms with E-state index >= 15 is 0 Å². The number of hydrogen-bond acceptors (Lipinski definition) is 3. The molecule has 4 nitrogen and oxygen atoms in total. The van der Waals surface area contributed by atoms with Gasteiger partial charge in [0.05, 0.1) is 13.7 Å². The first-order chi connectivity index (χ1) is 10.8. The maximum absolute atomic E-state index is 12.4. The fourth-order valence-corrected chi connectivity index (χ4v) is 2.69. The molecule has 4 heteroatoms. The van der Waals surface area contributed by atoms with Gasteiger partial charge in [-0.25, -0.2) is 0 Å². The highest BCUT2D eigenvalue weighted by molar-refractivity contribution is 5.82. The van der Waals surface area contributed by atoms with Crippen molar-refractivity contribution in [3.8, 4) is 5.75 Å². The number of carbonyl (C=O) groups is 1. The van der Waals surface area contributed by atoms with Crippen molar-refractivity contribution in [3.05, 3.63) is 60.2 Å². The average Bonchev–Trinajstić information content (AvgIpc) is 2.58. The van der Waals surface area contributed by atoms with Gasteiger partial charge in [-0.3, -0.25) is 4.79 Å². The third-order valence-electron chi connectivity index (χ3n) is 3.97. The molecule has 0 aliphatic carbocycles. The number of benzene rings is 2. The Bertz CT molecular complexity index is 625. The Hall–Kier alpha value is -2.49. The van der Waals surface area contributed by atoms with Crippen LogP contribution in [-0.2, 0) is 11.3 Å². The van der Waals surface area contributed by atoms with Gasteiger partial charge in [0.25, 0.3) is 0 Å². The van der Waals surface area contributed by atoms with E-state index in [-0.39, 0.29) is 5.91 Å². The summed E-state index contributed by atoms with van der Waals surface area (Å²) in [5.41, 5.74) is 2.24. The van der Waals surface area contributed by atoms with Gasteiger partial charge in [-0.1, -0.05) is 30.3 Å². The minimum atomic E-state index is 0.172. The maximum atomic E-state index is 12.4. The van der Waals surface area contributed by atoms with Gasteiger partial charge in [-0.15, -0.1) is 0 Å². The molecule has 2 aromatic rings. The molecule has 114 valence electrons. The molecule has 1 aliphatic rings. The molecule has 1 heterocycles. The molecule has 1 saturated heterocycles. The summed E-state index contributed by atoms with van der Waals surface area (Å²) in [6.07, 6.45) is 0. The Morgan fingerprint density at radius 3 is 2.36 bits per heavy atom. The van der Waals surface area contributed by atoms with E-state index in [1.807, 2.05) is 47.4 Å². The third-order valence-corrected chi connectivity index (χ3v) is 3.97. The van der Waals surface area contributed by atoms with E-state index in [0.29, 0.717) is 13.1 Å². The molecule has 0 N–H and O–H groups in total. The standard InChI is InChI=1S/C18H20N2O2/c1-22-17-9-7-16(8-10-17)19-11-12-20(18(21)14-19)13-15-5-3-2-4-6-15/h2-10H,11-14H2,1H3. The Balaban J connectivity index is 1.63. The summed E-state index contributed by atoms with van der Waals surface area (Å²) in [7, 11) is 1.65. The second kappa shape index (κ2) is 6.52. The smallest absolute Gasteiger partial charge is 0.242 e. The zero-order valence-electron chi connectivity index (χ0n) is 12.7. The molecule has 0 radical (unpaired) electrons. The van der Waals surface area contributed by atoms with Crippen LogP contribution in [0, 0.1) is 0 Å². The van der Waals surface area contributed by atoms with Crippen molar-refractivity contribution in [2.45, 2.75) is 6.54 Å².